The standard InChI is InChI=1S/C23H25N7OS/c1-15(2)30-20(11-14-25-30)26-22(31)17(4)32-23-28-27-21(18-9-12-24-13-10-18)29(23)19-7-5-16(3)6-8-19/h5-15,17H,1-4H3,(H,26,31). The molecule has 0 bridgehead atoms. The molecule has 3 aromatic heterocycles. The van der Waals surface area contributed by atoms with Crippen molar-refractivity contribution in [3.05, 3.63) is 66.6 Å². The van der Waals surface area contributed by atoms with Gasteiger partial charge in [0.1, 0.15) is 5.82 Å². The van der Waals surface area contributed by atoms with Gasteiger partial charge in [0.15, 0.2) is 11.0 Å². The highest BCUT2D eigenvalue weighted by Crippen LogP contribution is 2.30. The van der Waals surface area contributed by atoms with Crippen LogP contribution in [0, 0.1) is 6.92 Å². The number of nitrogens with one attached hydrogen (secondary N) is 1. The normalized spacial score (nSPS) is 12.2. The van der Waals surface area contributed by atoms with Crippen LogP contribution in [-0.4, -0.2) is 40.7 Å². The fourth-order valence-corrected chi connectivity index (χ4v) is 4.09. The molecule has 1 unspecified atom stereocenters. The second-order valence-corrected chi connectivity index (χ2v) is 9.03. The predicted octanol–water partition coefficient (Wildman–Crippen LogP) is 4.53. The maximum absolute atomic E-state index is 12.9. The SMILES string of the molecule is Cc1ccc(-n2c(SC(C)C(=O)Nc3ccnn3C(C)C)nnc2-c2ccncc2)cc1. The average Bonchev–Trinajstić information content (AvgIpc) is 3.42. The zero-order valence-corrected chi connectivity index (χ0v) is 19.2. The van der Waals surface area contributed by atoms with E-state index >= 15 is 0 Å². The summed E-state index contributed by atoms with van der Waals surface area (Å²) >= 11 is 1.36. The number of carbonyl (C=O) groups is 1. The van der Waals surface area contributed by atoms with Gasteiger partial charge < -0.3 is 5.32 Å². The minimum absolute atomic E-state index is 0.124. The average molecular weight is 448 g/mol. The van der Waals surface area contributed by atoms with Crippen LogP contribution >= 0.6 is 11.8 Å². The largest absolute Gasteiger partial charge is 0.310 e. The van der Waals surface area contributed by atoms with Crippen molar-refractivity contribution in [3.63, 3.8) is 0 Å². The molecule has 0 aliphatic carbocycles. The predicted molar refractivity (Wildman–Crippen MR) is 126 cm³/mol. The Hall–Kier alpha value is -3.46. The van der Waals surface area contributed by atoms with E-state index in [2.05, 4.69) is 25.6 Å². The summed E-state index contributed by atoms with van der Waals surface area (Å²) in [6, 6.07) is 13.9. The number of nitrogens with zero attached hydrogens (tertiary/aromatic N) is 6. The van der Waals surface area contributed by atoms with Crippen LogP contribution < -0.4 is 5.32 Å². The highest BCUT2D eigenvalue weighted by atomic mass is 32.2. The number of rotatable bonds is 7. The Kier molecular flexibility index (Phi) is 6.36. The minimum Gasteiger partial charge on any atom is -0.310 e. The van der Waals surface area contributed by atoms with Crippen molar-refractivity contribution in [2.24, 2.45) is 0 Å². The molecule has 0 aliphatic heterocycles. The van der Waals surface area contributed by atoms with Crippen molar-refractivity contribution in [2.75, 3.05) is 5.32 Å². The molecule has 1 amide bonds. The molecule has 0 fully saturated rings. The van der Waals surface area contributed by atoms with Gasteiger partial charge in [-0.15, -0.1) is 10.2 Å². The smallest absolute Gasteiger partial charge is 0.238 e. The fourth-order valence-electron chi connectivity index (χ4n) is 3.23. The Morgan fingerprint density at radius 1 is 0.969 bits per heavy atom. The minimum atomic E-state index is -0.399. The van der Waals surface area contributed by atoms with Gasteiger partial charge in [-0.2, -0.15) is 5.10 Å². The van der Waals surface area contributed by atoms with Gasteiger partial charge in [-0.25, -0.2) is 4.68 Å². The molecule has 0 radical (unpaired) electrons. The lowest BCUT2D eigenvalue weighted by Gasteiger charge is -2.16. The number of benzene rings is 1. The van der Waals surface area contributed by atoms with E-state index in [1.54, 1.807) is 29.3 Å². The van der Waals surface area contributed by atoms with Crippen molar-refractivity contribution in [1.29, 1.82) is 0 Å². The molecular weight excluding hydrogens is 422 g/mol. The first-order chi connectivity index (χ1) is 15.4. The number of carbonyl (C=O) groups excluding carboxylic acids is 1. The number of hydrogen-bond donors (Lipinski definition) is 1. The number of aryl methyl sites for hydroxylation is 1. The Balaban J connectivity index is 1.63. The van der Waals surface area contributed by atoms with Crippen molar-refractivity contribution in [3.8, 4) is 17.1 Å². The maximum Gasteiger partial charge on any atom is 0.238 e. The first kappa shape index (κ1) is 21.8. The second kappa shape index (κ2) is 9.35. The molecule has 0 saturated carbocycles. The van der Waals surface area contributed by atoms with Gasteiger partial charge in [0, 0.05) is 35.8 Å². The summed E-state index contributed by atoms with van der Waals surface area (Å²) < 4.78 is 3.76. The summed E-state index contributed by atoms with van der Waals surface area (Å²) in [4.78, 5) is 17.0. The molecule has 3 heterocycles. The van der Waals surface area contributed by atoms with Gasteiger partial charge >= 0.3 is 0 Å². The number of anilines is 1. The van der Waals surface area contributed by atoms with E-state index in [4.69, 9.17) is 0 Å². The van der Waals surface area contributed by atoms with E-state index in [0.29, 0.717) is 16.8 Å². The summed E-state index contributed by atoms with van der Waals surface area (Å²) in [6.07, 6.45) is 5.14. The van der Waals surface area contributed by atoms with Crippen LogP contribution in [0.4, 0.5) is 5.82 Å². The first-order valence-electron chi connectivity index (χ1n) is 10.4. The fraction of sp³-hybridized carbons (Fsp3) is 0.261. The number of pyridine rings is 1. The van der Waals surface area contributed by atoms with Crippen molar-refractivity contribution in [1.82, 2.24) is 29.5 Å². The monoisotopic (exact) mass is 447 g/mol. The molecule has 1 N–H and O–H groups in total. The Morgan fingerprint density at radius 3 is 2.38 bits per heavy atom. The number of hydrogen-bond acceptors (Lipinski definition) is 6. The van der Waals surface area contributed by atoms with Gasteiger partial charge in [0.25, 0.3) is 0 Å². The lowest BCUT2D eigenvalue weighted by Crippen LogP contribution is -2.25. The number of aromatic nitrogens is 6. The molecule has 0 saturated heterocycles. The molecule has 32 heavy (non-hydrogen) atoms. The van der Waals surface area contributed by atoms with Crippen LogP contribution in [0.15, 0.2) is 66.2 Å². The van der Waals surface area contributed by atoms with Crippen LogP contribution in [0.2, 0.25) is 0 Å². The van der Waals surface area contributed by atoms with Crippen LogP contribution in [-0.2, 0) is 4.79 Å². The third kappa shape index (κ3) is 4.57. The van der Waals surface area contributed by atoms with E-state index in [1.807, 2.05) is 68.7 Å². The van der Waals surface area contributed by atoms with Crippen LogP contribution in [0.25, 0.3) is 17.1 Å². The summed E-state index contributed by atoms with van der Waals surface area (Å²) in [5, 5.41) is 16.3. The van der Waals surface area contributed by atoms with E-state index in [-0.39, 0.29) is 11.9 Å². The van der Waals surface area contributed by atoms with Gasteiger partial charge in [-0.1, -0.05) is 29.5 Å². The van der Waals surface area contributed by atoms with Gasteiger partial charge in [-0.3, -0.25) is 14.3 Å². The highest BCUT2D eigenvalue weighted by Gasteiger charge is 2.23. The molecule has 0 spiro atoms. The molecule has 4 rings (SSSR count). The Labute approximate surface area is 191 Å². The Morgan fingerprint density at radius 2 is 1.69 bits per heavy atom. The summed E-state index contributed by atoms with van der Waals surface area (Å²) in [5.41, 5.74) is 2.99. The molecule has 164 valence electrons. The van der Waals surface area contributed by atoms with E-state index < -0.39 is 5.25 Å². The van der Waals surface area contributed by atoms with Gasteiger partial charge in [0.2, 0.25) is 5.91 Å². The van der Waals surface area contributed by atoms with Gasteiger partial charge in [0.05, 0.1) is 11.4 Å². The molecule has 0 aliphatic rings. The third-order valence-corrected chi connectivity index (χ3v) is 5.97. The van der Waals surface area contributed by atoms with Crippen molar-refractivity contribution >= 4 is 23.5 Å². The molecule has 4 aromatic rings. The molecular formula is C23H25N7OS. The number of thioether (sulfide) groups is 1. The zero-order chi connectivity index (χ0) is 22.7. The first-order valence-corrected chi connectivity index (χ1v) is 11.3. The van der Waals surface area contributed by atoms with Gasteiger partial charge in [-0.05, 0) is 52.0 Å². The van der Waals surface area contributed by atoms with Crippen LogP contribution in [0.1, 0.15) is 32.4 Å². The van der Waals surface area contributed by atoms with E-state index in [0.717, 1.165) is 16.8 Å². The molecule has 1 aromatic carbocycles. The second-order valence-electron chi connectivity index (χ2n) is 7.72. The van der Waals surface area contributed by atoms with E-state index in [9.17, 15) is 4.79 Å². The lowest BCUT2D eigenvalue weighted by molar-refractivity contribution is -0.115. The quantitative estimate of drug-likeness (QED) is 0.419. The zero-order valence-electron chi connectivity index (χ0n) is 18.4. The molecule has 9 heteroatoms. The van der Waals surface area contributed by atoms with E-state index in [1.165, 1.54) is 11.8 Å². The topological polar surface area (TPSA) is 90.5 Å². The number of amides is 1. The summed E-state index contributed by atoms with van der Waals surface area (Å²) in [5.74, 6) is 1.25. The van der Waals surface area contributed by atoms with Crippen LogP contribution in [0.3, 0.4) is 0 Å². The Bertz CT molecular complexity index is 1200. The van der Waals surface area contributed by atoms with Crippen LogP contribution in [0.5, 0.6) is 0 Å². The van der Waals surface area contributed by atoms with Crippen molar-refractivity contribution < 1.29 is 4.79 Å². The maximum atomic E-state index is 12.9. The summed E-state index contributed by atoms with van der Waals surface area (Å²) in [7, 11) is 0. The highest BCUT2D eigenvalue weighted by molar-refractivity contribution is 8.00. The molecule has 1 atom stereocenters. The lowest BCUT2D eigenvalue weighted by atomic mass is 10.2. The third-order valence-electron chi connectivity index (χ3n) is 4.93. The summed E-state index contributed by atoms with van der Waals surface area (Å²) in [6.45, 7) is 7.94. The molecule has 8 nitrogen and oxygen atoms in total. The van der Waals surface area contributed by atoms with Crippen molar-refractivity contribution in [2.45, 2.75) is 44.1 Å².